The van der Waals surface area contributed by atoms with Crippen molar-refractivity contribution in [2.75, 3.05) is 38.3 Å². The molecule has 0 saturated carbocycles. The summed E-state index contributed by atoms with van der Waals surface area (Å²) in [6, 6.07) is 6.03. The van der Waals surface area contributed by atoms with Crippen LogP contribution in [-0.4, -0.2) is 60.6 Å². The molecule has 2 atom stereocenters. The normalized spacial score (nSPS) is 23.8. The van der Waals surface area contributed by atoms with Crippen molar-refractivity contribution in [2.45, 2.75) is 24.3 Å². The molecule has 0 aromatic heterocycles. The fraction of sp³-hybridized carbons (Fsp3) is 0.529. The molecule has 0 aliphatic carbocycles. The van der Waals surface area contributed by atoms with Gasteiger partial charge in [-0.25, -0.2) is 0 Å². The van der Waals surface area contributed by atoms with Crippen LogP contribution in [0.2, 0.25) is 0 Å². The number of fused-ring (bicyclic) bond motifs is 1. The number of nitrogens with zero attached hydrogens (tertiary/aromatic N) is 2. The van der Waals surface area contributed by atoms with E-state index in [9.17, 15) is 9.59 Å². The van der Waals surface area contributed by atoms with Crippen molar-refractivity contribution in [1.82, 2.24) is 9.80 Å². The zero-order valence-electron chi connectivity index (χ0n) is 13.8. The van der Waals surface area contributed by atoms with Gasteiger partial charge in [0.05, 0.1) is 11.4 Å². The van der Waals surface area contributed by atoms with Gasteiger partial charge >= 0.3 is 0 Å². The number of rotatable bonds is 3. The minimum absolute atomic E-state index is 0.00742. The van der Waals surface area contributed by atoms with Crippen LogP contribution in [0.15, 0.2) is 23.1 Å². The molecule has 1 aromatic carbocycles. The van der Waals surface area contributed by atoms with Gasteiger partial charge in [0.1, 0.15) is 0 Å². The van der Waals surface area contributed by atoms with Crippen LogP contribution >= 0.6 is 11.8 Å². The molecule has 6 heteroatoms. The third-order valence-corrected chi connectivity index (χ3v) is 5.81. The van der Waals surface area contributed by atoms with Crippen molar-refractivity contribution in [2.24, 2.45) is 5.92 Å². The van der Waals surface area contributed by atoms with Gasteiger partial charge in [-0.1, -0.05) is 13.3 Å². The Morgan fingerprint density at radius 1 is 1.39 bits per heavy atom. The Hall–Kier alpha value is -1.53. The second-order valence-corrected chi connectivity index (χ2v) is 7.47. The van der Waals surface area contributed by atoms with E-state index in [0.717, 1.165) is 30.1 Å². The Morgan fingerprint density at radius 3 is 2.83 bits per heavy atom. The maximum Gasteiger partial charge on any atom is 0.253 e. The molecule has 0 radical (unpaired) electrons. The molecule has 0 bridgehead atoms. The smallest absolute Gasteiger partial charge is 0.253 e. The van der Waals surface area contributed by atoms with E-state index in [1.807, 2.05) is 23.1 Å². The number of carbonyl (C=O) groups is 2. The van der Waals surface area contributed by atoms with Crippen LogP contribution in [0.1, 0.15) is 23.7 Å². The molecule has 3 rings (SSSR count). The van der Waals surface area contributed by atoms with Gasteiger partial charge in [0.15, 0.2) is 0 Å². The molecule has 124 valence electrons. The molecule has 0 spiro atoms. The molecule has 1 saturated heterocycles. The summed E-state index contributed by atoms with van der Waals surface area (Å²) >= 11 is 1.51. The van der Waals surface area contributed by atoms with Crippen LogP contribution < -0.4 is 5.32 Å². The molecule has 23 heavy (non-hydrogen) atoms. The fourth-order valence-electron chi connectivity index (χ4n) is 3.40. The molecule has 2 unspecified atom stereocenters. The summed E-state index contributed by atoms with van der Waals surface area (Å²) in [6.45, 7) is 3.75. The van der Waals surface area contributed by atoms with E-state index in [2.05, 4.69) is 31.2 Å². The fourth-order valence-corrected chi connectivity index (χ4v) is 4.19. The van der Waals surface area contributed by atoms with Gasteiger partial charge in [0, 0.05) is 29.6 Å². The van der Waals surface area contributed by atoms with Crippen LogP contribution in [0, 0.1) is 5.92 Å². The quantitative estimate of drug-likeness (QED) is 0.921. The predicted molar refractivity (Wildman–Crippen MR) is 93.0 cm³/mol. The van der Waals surface area contributed by atoms with Crippen molar-refractivity contribution < 1.29 is 9.59 Å². The first kappa shape index (κ1) is 16.3. The molecule has 2 heterocycles. The summed E-state index contributed by atoms with van der Waals surface area (Å²) in [7, 11) is 4.15. The van der Waals surface area contributed by atoms with Crippen molar-refractivity contribution in [3.8, 4) is 0 Å². The lowest BCUT2D eigenvalue weighted by Gasteiger charge is -2.24. The van der Waals surface area contributed by atoms with Gasteiger partial charge in [-0.05, 0) is 38.2 Å². The second-order valence-electron chi connectivity index (χ2n) is 6.46. The number of likely N-dealkylation sites (tertiary alicyclic amines) is 1. The van der Waals surface area contributed by atoms with Gasteiger partial charge < -0.3 is 15.1 Å². The first-order valence-corrected chi connectivity index (χ1v) is 9.00. The zero-order chi connectivity index (χ0) is 16.6. The van der Waals surface area contributed by atoms with Crippen LogP contribution in [0.25, 0.3) is 0 Å². The monoisotopic (exact) mass is 333 g/mol. The van der Waals surface area contributed by atoms with E-state index >= 15 is 0 Å². The Kier molecular flexibility index (Phi) is 4.64. The summed E-state index contributed by atoms with van der Waals surface area (Å²) < 4.78 is 0. The summed E-state index contributed by atoms with van der Waals surface area (Å²) in [5, 5.41) is 2.85. The highest BCUT2D eigenvalue weighted by Crippen LogP contribution is 2.33. The molecular formula is C17H23N3O2S. The highest BCUT2D eigenvalue weighted by Gasteiger charge is 2.35. The summed E-state index contributed by atoms with van der Waals surface area (Å²) in [4.78, 5) is 29.5. The summed E-state index contributed by atoms with van der Waals surface area (Å²) in [5.41, 5.74) is 1.41. The average Bonchev–Trinajstić information content (AvgIpc) is 2.98. The number of hydrogen-bond acceptors (Lipinski definition) is 4. The van der Waals surface area contributed by atoms with Gasteiger partial charge in [0.25, 0.3) is 5.91 Å². The topological polar surface area (TPSA) is 52.7 Å². The third kappa shape index (κ3) is 3.23. The maximum absolute atomic E-state index is 12.8. The molecule has 5 nitrogen and oxygen atoms in total. The predicted octanol–water partition coefficient (Wildman–Crippen LogP) is 2.14. The molecule has 2 aliphatic rings. The first-order valence-electron chi connectivity index (χ1n) is 8.02. The number of likely N-dealkylation sites (N-methyl/N-ethyl adjacent to an activating group) is 1. The molecule has 1 fully saturated rings. The zero-order valence-corrected chi connectivity index (χ0v) is 14.7. The van der Waals surface area contributed by atoms with Crippen LogP contribution in [-0.2, 0) is 4.79 Å². The number of anilines is 1. The van der Waals surface area contributed by atoms with Crippen molar-refractivity contribution in [1.29, 1.82) is 0 Å². The highest BCUT2D eigenvalue weighted by molar-refractivity contribution is 8.00. The van der Waals surface area contributed by atoms with Crippen molar-refractivity contribution >= 4 is 29.3 Å². The number of carbonyl (C=O) groups excluding carboxylic acids is 2. The molecule has 1 aromatic rings. The molecule has 2 aliphatic heterocycles. The average molecular weight is 333 g/mol. The SMILES string of the molecule is CCC1CN(C(=O)c2ccc3c(c2)NC(=O)CS3)CC1N(C)C. The third-order valence-electron chi connectivity index (χ3n) is 4.74. The summed E-state index contributed by atoms with van der Waals surface area (Å²) in [6.07, 6.45) is 1.07. The van der Waals surface area contributed by atoms with Crippen LogP contribution in [0.3, 0.4) is 0 Å². The van der Waals surface area contributed by atoms with E-state index in [1.165, 1.54) is 11.8 Å². The van der Waals surface area contributed by atoms with Gasteiger partial charge in [-0.15, -0.1) is 11.8 Å². The Morgan fingerprint density at radius 2 is 2.17 bits per heavy atom. The molecular weight excluding hydrogens is 310 g/mol. The maximum atomic E-state index is 12.8. The number of amides is 2. The van der Waals surface area contributed by atoms with Gasteiger partial charge in [0.2, 0.25) is 5.91 Å². The lowest BCUT2D eigenvalue weighted by atomic mass is 10.0. The Labute approximate surface area is 141 Å². The second kappa shape index (κ2) is 6.53. The molecule has 2 amide bonds. The first-order chi connectivity index (χ1) is 11.0. The van der Waals surface area contributed by atoms with Crippen LogP contribution in [0.4, 0.5) is 5.69 Å². The lowest BCUT2D eigenvalue weighted by molar-refractivity contribution is -0.113. The Bertz CT molecular complexity index is 632. The summed E-state index contributed by atoms with van der Waals surface area (Å²) in [5.74, 6) is 1.00. The standard InChI is InChI=1S/C17H23N3O2S/c1-4-11-8-20(9-14(11)19(2)3)17(22)12-5-6-15-13(7-12)18-16(21)10-23-15/h5-7,11,14H,4,8-10H2,1-3H3,(H,18,21). The van der Waals surface area contributed by atoms with Crippen molar-refractivity contribution in [3.63, 3.8) is 0 Å². The van der Waals surface area contributed by atoms with Crippen molar-refractivity contribution in [3.05, 3.63) is 23.8 Å². The number of nitrogens with one attached hydrogen (secondary N) is 1. The minimum Gasteiger partial charge on any atom is -0.337 e. The minimum atomic E-state index is -0.00742. The number of thioether (sulfide) groups is 1. The van der Waals surface area contributed by atoms with E-state index in [4.69, 9.17) is 0 Å². The van der Waals surface area contributed by atoms with Gasteiger partial charge in [-0.2, -0.15) is 0 Å². The van der Waals surface area contributed by atoms with E-state index in [0.29, 0.717) is 23.3 Å². The molecule has 1 N–H and O–H groups in total. The van der Waals surface area contributed by atoms with E-state index in [-0.39, 0.29) is 11.8 Å². The largest absolute Gasteiger partial charge is 0.337 e. The number of benzene rings is 1. The highest BCUT2D eigenvalue weighted by atomic mass is 32.2. The van der Waals surface area contributed by atoms with E-state index < -0.39 is 0 Å². The van der Waals surface area contributed by atoms with Crippen LogP contribution in [0.5, 0.6) is 0 Å². The number of hydrogen-bond donors (Lipinski definition) is 1. The lowest BCUT2D eigenvalue weighted by Crippen LogP contribution is -2.36. The van der Waals surface area contributed by atoms with Gasteiger partial charge in [-0.3, -0.25) is 9.59 Å². The van der Waals surface area contributed by atoms with E-state index in [1.54, 1.807) is 0 Å². The Balaban J connectivity index is 1.79.